The molecule has 4 nitrogen and oxygen atoms in total. The predicted octanol–water partition coefficient (Wildman–Crippen LogP) is 3.15. The maximum Gasteiger partial charge on any atom is 0.131 e. The number of nitrogens with zero attached hydrogens (tertiary/aromatic N) is 1. The van der Waals surface area contributed by atoms with Crippen molar-refractivity contribution in [2.24, 2.45) is 0 Å². The molecule has 1 aromatic rings. The van der Waals surface area contributed by atoms with Crippen LogP contribution in [0.1, 0.15) is 24.1 Å². The van der Waals surface area contributed by atoms with E-state index in [1.807, 2.05) is 6.26 Å². The highest BCUT2D eigenvalue weighted by molar-refractivity contribution is 7.99. The third-order valence-electron chi connectivity index (χ3n) is 2.52. The minimum atomic E-state index is 0.598. The minimum Gasteiger partial charge on any atom is -0.396 e. The van der Waals surface area contributed by atoms with Crippen molar-refractivity contribution >= 4 is 33.8 Å². The van der Waals surface area contributed by atoms with E-state index < -0.39 is 0 Å². The van der Waals surface area contributed by atoms with Gasteiger partial charge in [-0.25, -0.2) is 0 Å². The van der Waals surface area contributed by atoms with Crippen LogP contribution in [0, 0.1) is 11.3 Å². The number of unbranched alkanes of at least 4 members (excludes halogenated alkanes) is 2. The van der Waals surface area contributed by atoms with E-state index in [0.717, 1.165) is 42.3 Å². The van der Waals surface area contributed by atoms with Crippen LogP contribution in [0.2, 0.25) is 0 Å². The van der Waals surface area contributed by atoms with Crippen LogP contribution >= 0.6 is 23.1 Å². The lowest BCUT2D eigenvalue weighted by molar-refractivity contribution is 0.192. The van der Waals surface area contributed by atoms with E-state index in [-0.39, 0.29) is 0 Å². The number of hydrogen-bond donors (Lipinski definition) is 2. The van der Waals surface area contributed by atoms with E-state index in [2.05, 4.69) is 11.4 Å². The first-order valence-corrected chi connectivity index (χ1v) is 7.87. The van der Waals surface area contributed by atoms with E-state index in [4.69, 9.17) is 15.7 Å². The fourth-order valence-corrected chi connectivity index (χ4v) is 3.44. The lowest BCUT2D eigenvalue weighted by Crippen LogP contribution is -2.01. The molecule has 18 heavy (non-hydrogen) atoms. The average molecular weight is 285 g/mol. The van der Waals surface area contributed by atoms with Crippen molar-refractivity contribution < 1.29 is 4.74 Å². The highest BCUT2D eigenvalue weighted by Gasteiger charge is 2.14. The zero-order valence-corrected chi connectivity index (χ0v) is 12.4. The minimum absolute atomic E-state index is 0.598. The highest BCUT2D eigenvalue weighted by Crippen LogP contribution is 2.41. The Morgan fingerprint density at radius 1 is 1.44 bits per heavy atom. The summed E-state index contributed by atoms with van der Waals surface area (Å²) in [6.07, 6.45) is 5.30. The molecule has 0 aliphatic carbocycles. The normalized spacial score (nSPS) is 10.3. The van der Waals surface area contributed by atoms with Crippen LogP contribution in [-0.4, -0.2) is 26.5 Å². The second-order valence-electron chi connectivity index (χ2n) is 3.80. The second kappa shape index (κ2) is 8.25. The number of hydrogen-bond acceptors (Lipinski definition) is 6. The number of nitrogens with two attached hydrogens (primary N) is 1. The zero-order valence-electron chi connectivity index (χ0n) is 10.8. The molecule has 100 valence electrons. The molecule has 3 N–H and O–H groups in total. The van der Waals surface area contributed by atoms with Crippen molar-refractivity contribution in [1.29, 1.82) is 5.26 Å². The van der Waals surface area contributed by atoms with Gasteiger partial charge in [0.25, 0.3) is 0 Å². The summed E-state index contributed by atoms with van der Waals surface area (Å²) in [5.41, 5.74) is 6.51. The number of anilines is 2. The van der Waals surface area contributed by atoms with Crippen LogP contribution in [-0.2, 0) is 4.74 Å². The highest BCUT2D eigenvalue weighted by atomic mass is 32.2. The van der Waals surface area contributed by atoms with Crippen molar-refractivity contribution in [3.8, 4) is 6.07 Å². The number of nitrogens with one attached hydrogen (secondary N) is 1. The molecule has 0 fully saturated rings. The Morgan fingerprint density at radius 2 is 2.22 bits per heavy atom. The molecule has 0 spiro atoms. The molecular weight excluding hydrogens is 266 g/mol. The maximum absolute atomic E-state index is 8.95. The van der Waals surface area contributed by atoms with E-state index >= 15 is 0 Å². The van der Waals surface area contributed by atoms with Gasteiger partial charge < -0.3 is 15.8 Å². The Balaban J connectivity index is 2.45. The number of ether oxygens (including phenoxy) is 1. The van der Waals surface area contributed by atoms with Gasteiger partial charge in [0.1, 0.15) is 15.9 Å². The molecule has 0 amide bonds. The Kier molecular flexibility index (Phi) is 6.94. The first-order valence-electron chi connectivity index (χ1n) is 5.83. The molecule has 0 saturated heterocycles. The first kappa shape index (κ1) is 15.2. The van der Waals surface area contributed by atoms with Gasteiger partial charge in [0.15, 0.2) is 0 Å². The Hall–Kier alpha value is -0.900. The molecule has 0 aliphatic rings. The molecule has 0 atom stereocenters. The van der Waals surface area contributed by atoms with E-state index in [9.17, 15) is 0 Å². The summed E-state index contributed by atoms with van der Waals surface area (Å²) in [7, 11) is 1.72. The van der Waals surface area contributed by atoms with Crippen LogP contribution in [0.3, 0.4) is 0 Å². The van der Waals surface area contributed by atoms with Gasteiger partial charge in [0, 0.05) is 20.3 Å². The van der Waals surface area contributed by atoms with Crippen LogP contribution < -0.4 is 11.1 Å². The quantitative estimate of drug-likeness (QED) is 0.567. The molecule has 1 rings (SSSR count). The summed E-state index contributed by atoms with van der Waals surface area (Å²) in [5.74, 6) is 0. The lowest BCUT2D eigenvalue weighted by Gasteiger charge is -2.06. The van der Waals surface area contributed by atoms with Gasteiger partial charge in [0.05, 0.1) is 10.6 Å². The fourth-order valence-electron chi connectivity index (χ4n) is 1.58. The summed E-state index contributed by atoms with van der Waals surface area (Å²) in [6, 6.07) is 2.13. The maximum atomic E-state index is 8.95. The van der Waals surface area contributed by atoms with Gasteiger partial charge in [-0.3, -0.25) is 0 Å². The van der Waals surface area contributed by atoms with Crippen molar-refractivity contribution in [3.63, 3.8) is 0 Å². The van der Waals surface area contributed by atoms with Gasteiger partial charge in [0.2, 0.25) is 0 Å². The van der Waals surface area contributed by atoms with Gasteiger partial charge in [-0.15, -0.1) is 23.1 Å². The third-order valence-corrected chi connectivity index (χ3v) is 4.55. The summed E-state index contributed by atoms with van der Waals surface area (Å²) in [5, 5.41) is 13.3. The molecule has 6 heteroatoms. The van der Waals surface area contributed by atoms with Crippen molar-refractivity contribution in [3.05, 3.63) is 4.88 Å². The molecule has 0 aliphatic heterocycles. The topological polar surface area (TPSA) is 71.1 Å². The fraction of sp³-hybridized carbons (Fsp3) is 0.583. The smallest absolute Gasteiger partial charge is 0.131 e. The molecule has 0 aromatic carbocycles. The SMILES string of the molecule is COCCCCCNc1sc(C#N)c(N)c1SC. The van der Waals surface area contributed by atoms with Gasteiger partial charge in [-0.1, -0.05) is 0 Å². The summed E-state index contributed by atoms with van der Waals surface area (Å²) >= 11 is 3.02. The van der Waals surface area contributed by atoms with E-state index in [0.29, 0.717) is 10.6 Å². The standard InChI is InChI=1S/C12H19N3OS2/c1-16-7-5-3-4-6-15-12-11(17-2)10(14)9(8-13)18-12/h15H,3-7,14H2,1-2H3. The number of thiophene rings is 1. The Labute approximate surface area is 117 Å². The van der Waals surface area contributed by atoms with Gasteiger partial charge in [-0.2, -0.15) is 5.26 Å². The van der Waals surface area contributed by atoms with Crippen LogP contribution in [0.5, 0.6) is 0 Å². The molecule has 0 radical (unpaired) electrons. The predicted molar refractivity (Wildman–Crippen MR) is 79.4 cm³/mol. The molecular formula is C12H19N3OS2. The van der Waals surface area contributed by atoms with Gasteiger partial charge >= 0.3 is 0 Å². The number of methoxy groups -OCH3 is 1. The van der Waals surface area contributed by atoms with Crippen molar-refractivity contribution in [1.82, 2.24) is 0 Å². The van der Waals surface area contributed by atoms with Crippen LogP contribution in [0.4, 0.5) is 10.7 Å². The number of nitriles is 1. The van der Waals surface area contributed by atoms with Crippen LogP contribution in [0.15, 0.2) is 4.90 Å². The molecule has 0 unspecified atom stereocenters. The first-order chi connectivity index (χ1) is 8.74. The van der Waals surface area contributed by atoms with E-state index in [1.165, 1.54) is 11.3 Å². The molecule has 0 saturated carbocycles. The van der Waals surface area contributed by atoms with Crippen molar-refractivity contribution in [2.75, 3.05) is 37.6 Å². The molecule has 0 bridgehead atoms. The molecule has 1 heterocycles. The number of thioether (sulfide) groups is 1. The third kappa shape index (κ3) is 4.09. The summed E-state index contributed by atoms with van der Waals surface area (Å²) in [6.45, 7) is 1.72. The lowest BCUT2D eigenvalue weighted by atomic mass is 10.2. The van der Waals surface area contributed by atoms with Gasteiger partial charge in [-0.05, 0) is 25.5 Å². The van der Waals surface area contributed by atoms with E-state index in [1.54, 1.807) is 18.9 Å². The zero-order chi connectivity index (χ0) is 13.4. The number of nitrogen functional groups attached to an aromatic ring is 1. The largest absolute Gasteiger partial charge is 0.396 e. The Morgan fingerprint density at radius 3 is 2.83 bits per heavy atom. The monoisotopic (exact) mass is 285 g/mol. The molecule has 1 aromatic heterocycles. The average Bonchev–Trinajstić information content (AvgIpc) is 2.69. The van der Waals surface area contributed by atoms with Crippen LogP contribution in [0.25, 0.3) is 0 Å². The number of rotatable bonds is 8. The summed E-state index contributed by atoms with van der Waals surface area (Å²) in [4.78, 5) is 1.59. The Bertz CT molecular complexity index is 412. The summed E-state index contributed by atoms with van der Waals surface area (Å²) < 4.78 is 5.00. The van der Waals surface area contributed by atoms with Crippen molar-refractivity contribution in [2.45, 2.75) is 24.2 Å². The second-order valence-corrected chi connectivity index (χ2v) is 5.64.